The SMILES string of the molecule is CC(=O)/C=C/c1ccc(COO)cc1. The predicted molar refractivity (Wildman–Crippen MR) is 53.6 cm³/mol. The molecule has 1 N–H and O–H groups in total. The van der Waals surface area contributed by atoms with E-state index in [1.54, 1.807) is 6.08 Å². The first-order valence-electron chi connectivity index (χ1n) is 4.26. The van der Waals surface area contributed by atoms with Crippen molar-refractivity contribution in [1.82, 2.24) is 0 Å². The number of carbonyl (C=O) groups excluding carboxylic acids is 1. The Hall–Kier alpha value is -1.45. The summed E-state index contributed by atoms with van der Waals surface area (Å²) >= 11 is 0. The summed E-state index contributed by atoms with van der Waals surface area (Å²) in [6, 6.07) is 7.37. The average molecular weight is 192 g/mol. The lowest BCUT2D eigenvalue weighted by molar-refractivity contribution is -0.253. The summed E-state index contributed by atoms with van der Waals surface area (Å²) in [5.41, 5.74) is 1.83. The van der Waals surface area contributed by atoms with Crippen LogP contribution in [0, 0.1) is 0 Å². The van der Waals surface area contributed by atoms with Crippen molar-refractivity contribution in [3.05, 3.63) is 41.5 Å². The predicted octanol–water partition coefficient (Wildman–Crippen LogP) is 2.28. The van der Waals surface area contributed by atoms with Crippen LogP contribution < -0.4 is 0 Å². The lowest BCUT2D eigenvalue weighted by atomic mass is 10.1. The van der Waals surface area contributed by atoms with Gasteiger partial charge in [0.25, 0.3) is 0 Å². The Labute approximate surface area is 82.6 Å². The Morgan fingerprint density at radius 3 is 2.57 bits per heavy atom. The Kier molecular flexibility index (Phi) is 4.04. The molecule has 3 heteroatoms. The second-order valence-electron chi connectivity index (χ2n) is 2.96. The zero-order valence-electron chi connectivity index (χ0n) is 7.93. The van der Waals surface area contributed by atoms with E-state index >= 15 is 0 Å². The fraction of sp³-hybridized carbons (Fsp3) is 0.182. The summed E-state index contributed by atoms with van der Waals surface area (Å²) in [6.07, 6.45) is 3.25. The minimum atomic E-state index is 0.0211. The first-order chi connectivity index (χ1) is 6.72. The minimum absolute atomic E-state index is 0.0211. The van der Waals surface area contributed by atoms with Crippen LogP contribution in [0.5, 0.6) is 0 Å². The Bertz CT molecular complexity index is 325. The van der Waals surface area contributed by atoms with E-state index in [1.807, 2.05) is 24.3 Å². The van der Waals surface area contributed by atoms with Gasteiger partial charge in [-0.15, -0.1) is 0 Å². The van der Waals surface area contributed by atoms with Gasteiger partial charge in [0.15, 0.2) is 5.78 Å². The second kappa shape index (κ2) is 5.32. The molecule has 0 radical (unpaired) electrons. The highest BCUT2D eigenvalue weighted by Gasteiger charge is 1.92. The van der Waals surface area contributed by atoms with Crippen LogP contribution in [-0.2, 0) is 16.3 Å². The molecular weight excluding hydrogens is 180 g/mol. The summed E-state index contributed by atoms with van der Waals surface area (Å²) < 4.78 is 0. The topological polar surface area (TPSA) is 46.5 Å². The molecule has 1 aromatic carbocycles. The lowest BCUT2D eigenvalue weighted by Crippen LogP contribution is -1.87. The van der Waals surface area contributed by atoms with Crippen LogP contribution in [0.1, 0.15) is 18.1 Å². The molecule has 1 aromatic rings. The first-order valence-corrected chi connectivity index (χ1v) is 4.26. The Morgan fingerprint density at radius 1 is 1.43 bits per heavy atom. The number of allylic oxidation sites excluding steroid dienone is 1. The van der Waals surface area contributed by atoms with Gasteiger partial charge < -0.3 is 0 Å². The van der Waals surface area contributed by atoms with Gasteiger partial charge in [0.05, 0.1) is 0 Å². The number of rotatable bonds is 4. The third-order valence-electron chi connectivity index (χ3n) is 1.72. The van der Waals surface area contributed by atoms with E-state index in [1.165, 1.54) is 13.0 Å². The molecule has 0 aliphatic heterocycles. The van der Waals surface area contributed by atoms with Crippen molar-refractivity contribution in [2.45, 2.75) is 13.5 Å². The smallest absolute Gasteiger partial charge is 0.152 e. The summed E-state index contributed by atoms with van der Waals surface area (Å²) in [7, 11) is 0. The van der Waals surface area contributed by atoms with Crippen molar-refractivity contribution in [2.75, 3.05) is 0 Å². The molecule has 74 valence electrons. The highest BCUT2D eigenvalue weighted by Crippen LogP contribution is 2.06. The molecule has 0 saturated heterocycles. The number of carbonyl (C=O) groups is 1. The van der Waals surface area contributed by atoms with Crippen LogP contribution in [0.2, 0.25) is 0 Å². The van der Waals surface area contributed by atoms with Gasteiger partial charge in [-0.25, -0.2) is 4.89 Å². The average Bonchev–Trinajstić information content (AvgIpc) is 2.17. The molecule has 0 bridgehead atoms. The van der Waals surface area contributed by atoms with Crippen molar-refractivity contribution in [1.29, 1.82) is 0 Å². The molecule has 0 unspecified atom stereocenters. The van der Waals surface area contributed by atoms with Gasteiger partial charge >= 0.3 is 0 Å². The Balaban J connectivity index is 2.68. The molecule has 0 saturated carbocycles. The normalized spacial score (nSPS) is 10.7. The molecule has 0 aromatic heterocycles. The molecule has 0 aliphatic carbocycles. The van der Waals surface area contributed by atoms with E-state index in [4.69, 9.17) is 5.26 Å². The number of hydrogen-bond acceptors (Lipinski definition) is 3. The molecule has 0 amide bonds. The lowest BCUT2D eigenvalue weighted by Gasteiger charge is -1.98. The molecule has 0 aliphatic rings. The third-order valence-corrected chi connectivity index (χ3v) is 1.72. The van der Waals surface area contributed by atoms with Crippen LogP contribution in [0.15, 0.2) is 30.3 Å². The molecule has 3 nitrogen and oxygen atoms in total. The zero-order valence-corrected chi connectivity index (χ0v) is 7.93. The minimum Gasteiger partial charge on any atom is -0.295 e. The van der Waals surface area contributed by atoms with Crippen molar-refractivity contribution in [2.24, 2.45) is 0 Å². The zero-order chi connectivity index (χ0) is 10.4. The van der Waals surface area contributed by atoms with Crippen molar-refractivity contribution in [3.8, 4) is 0 Å². The van der Waals surface area contributed by atoms with E-state index in [9.17, 15) is 4.79 Å². The van der Waals surface area contributed by atoms with Gasteiger partial charge in [0.2, 0.25) is 0 Å². The largest absolute Gasteiger partial charge is 0.295 e. The van der Waals surface area contributed by atoms with Gasteiger partial charge in [-0.3, -0.25) is 10.1 Å². The van der Waals surface area contributed by atoms with Gasteiger partial charge in [-0.1, -0.05) is 30.3 Å². The van der Waals surface area contributed by atoms with E-state index in [0.717, 1.165) is 11.1 Å². The maximum atomic E-state index is 10.6. The summed E-state index contributed by atoms with van der Waals surface area (Å²) in [5, 5.41) is 8.21. The van der Waals surface area contributed by atoms with Gasteiger partial charge in [0.1, 0.15) is 6.61 Å². The molecule has 14 heavy (non-hydrogen) atoms. The van der Waals surface area contributed by atoms with Crippen LogP contribution in [-0.4, -0.2) is 11.0 Å². The molecule has 0 spiro atoms. The number of benzene rings is 1. The quantitative estimate of drug-likeness (QED) is 0.452. The van der Waals surface area contributed by atoms with Crippen LogP contribution in [0.4, 0.5) is 0 Å². The molecule has 0 fully saturated rings. The van der Waals surface area contributed by atoms with Crippen LogP contribution in [0.25, 0.3) is 6.08 Å². The van der Waals surface area contributed by atoms with E-state index < -0.39 is 0 Å². The molecular formula is C11H12O3. The standard InChI is InChI=1S/C11H12O3/c1-9(12)2-3-10-4-6-11(7-5-10)8-14-13/h2-7,13H,8H2,1H3/b3-2+. The van der Waals surface area contributed by atoms with Crippen LogP contribution >= 0.6 is 0 Å². The van der Waals surface area contributed by atoms with Crippen LogP contribution in [0.3, 0.4) is 0 Å². The third kappa shape index (κ3) is 3.51. The van der Waals surface area contributed by atoms with Crippen molar-refractivity contribution in [3.63, 3.8) is 0 Å². The molecule has 0 atom stereocenters. The van der Waals surface area contributed by atoms with Crippen molar-refractivity contribution >= 4 is 11.9 Å². The second-order valence-corrected chi connectivity index (χ2v) is 2.96. The maximum Gasteiger partial charge on any atom is 0.152 e. The highest BCUT2D eigenvalue weighted by atomic mass is 17.1. The summed E-state index contributed by atoms with van der Waals surface area (Å²) in [4.78, 5) is 14.6. The molecule has 0 heterocycles. The van der Waals surface area contributed by atoms with Gasteiger partial charge in [-0.05, 0) is 24.1 Å². The first kappa shape index (κ1) is 10.6. The number of ketones is 1. The number of hydrogen-bond donors (Lipinski definition) is 1. The highest BCUT2D eigenvalue weighted by molar-refractivity contribution is 5.91. The fourth-order valence-electron chi connectivity index (χ4n) is 1.01. The monoisotopic (exact) mass is 192 g/mol. The van der Waals surface area contributed by atoms with Gasteiger partial charge in [-0.2, -0.15) is 0 Å². The van der Waals surface area contributed by atoms with Gasteiger partial charge in [0, 0.05) is 0 Å². The van der Waals surface area contributed by atoms with E-state index in [2.05, 4.69) is 4.89 Å². The van der Waals surface area contributed by atoms with Crippen molar-refractivity contribution < 1.29 is 14.9 Å². The van der Waals surface area contributed by atoms with E-state index in [-0.39, 0.29) is 12.4 Å². The maximum absolute atomic E-state index is 10.6. The summed E-state index contributed by atoms with van der Waals surface area (Å²) in [6.45, 7) is 1.68. The molecule has 1 rings (SSSR count). The summed E-state index contributed by atoms with van der Waals surface area (Å²) in [5.74, 6) is 0.0211. The fourth-order valence-corrected chi connectivity index (χ4v) is 1.01. The van der Waals surface area contributed by atoms with E-state index in [0.29, 0.717) is 0 Å². The Morgan fingerprint density at radius 2 is 2.07 bits per heavy atom.